The number of benzene rings is 1. The highest BCUT2D eigenvalue weighted by molar-refractivity contribution is 6.13. The van der Waals surface area contributed by atoms with E-state index in [0.29, 0.717) is 18.8 Å². The lowest BCUT2D eigenvalue weighted by atomic mass is 9.95. The fraction of sp³-hybridized carbons (Fsp3) is 0.176. The van der Waals surface area contributed by atoms with E-state index in [1.54, 1.807) is 6.92 Å². The Morgan fingerprint density at radius 3 is 2.96 bits per heavy atom. The summed E-state index contributed by atoms with van der Waals surface area (Å²) in [5.74, 6) is -1.28. The molecule has 0 fully saturated rings. The van der Waals surface area contributed by atoms with Crippen LogP contribution in [0.15, 0.2) is 29.4 Å². The summed E-state index contributed by atoms with van der Waals surface area (Å²) in [5.41, 5.74) is 0.825. The third-order valence-corrected chi connectivity index (χ3v) is 3.74. The molecule has 0 saturated heterocycles. The maximum atomic E-state index is 13.7. The molecule has 2 aromatic rings. The number of phenols is 1. The first kappa shape index (κ1) is 16.4. The van der Waals surface area contributed by atoms with Crippen LogP contribution in [-0.4, -0.2) is 35.0 Å². The minimum atomic E-state index is -0.644. The normalized spacial score (nSPS) is 12.9. The van der Waals surface area contributed by atoms with Gasteiger partial charge in [-0.05, 0) is 24.6 Å². The predicted octanol–water partition coefficient (Wildman–Crippen LogP) is 2.14. The molecule has 0 unspecified atom stereocenters. The topological polar surface area (TPSA) is 91.0 Å². The lowest BCUT2D eigenvalue weighted by molar-refractivity contribution is 0.0974. The van der Waals surface area contributed by atoms with Gasteiger partial charge in [0.1, 0.15) is 11.6 Å². The Balaban J connectivity index is 2.19. The number of nitrogens with zero attached hydrogens (tertiary/aromatic N) is 3. The molecule has 0 atom stereocenters. The van der Waals surface area contributed by atoms with Crippen molar-refractivity contribution in [1.82, 2.24) is 15.6 Å². The van der Waals surface area contributed by atoms with Gasteiger partial charge >= 0.3 is 0 Å². The summed E-state index contributed by atoms with van der Waals surface area (Å²) in [4.78, 5) is 24.1. The molecule has 25 heavy (non-hydrogen) atoms. The van der Waals surface area contributed by atoms with Gasteiger partial charge in [-0.25, -0.2) is 9.24 Å². The molecule has 126 valence electrons. The van der Waals surface area contributed by atoms with E-state index >= 15 is 0 Å². The van der Waals surface area contributed by atoms with Crippen LogP contribution in [0.1, 0.15) is 16.1 Å². The van der Waals surface area contributed by atoms with Gasteiger partial charge in [-0.15, -0.1) is 0 Å². The Morgan fingerprint density at radius 2 is 2.28 bits per heavy atom. The Morgan fingerprint density at radius 1 is 1.48 bits per heavy atom. The summed E-state index contributed by atoms with van der Waals surface area (Å²) < 4.78 is 13.7. The Labute approximate surface area is 143 Å². The molecule has 0 spiro atoms. The number of aromatic nitrogens is 1. The molecule has 0 radical (unpaired) electrons. The molecule has 3 N–H and O–H groups in total. The molecule has 8 heteroatoms. The highest BCUT2D eigenvalue weighted by Gasteiger charge is 2.24. The van der Waals surface area contributed by atoms with Crippen LogP contribution < -0.4 is 10.6 Å². The molecular weight excluding hydrogens is 325 g/mol. The Bertz CT molecular complexity index is 933. The predicted molar refractivity (Wildman–Crippen MR) is 90.1 cm³/mol. The van der Waals surface area contributed by atoms with Gasteiger partial charge in [0.2, 0.25) is 0 Å². The van der Waals surface area contributed by atoms with E-state index < -0.39 is 11.7 Å². The zero-order valence-corrected chi connectivity index (χ0v) is 13.3. The Hall–Kier alpha value is -3.47. The van der Waals surface area contributed by atoms with Gasteiger partial charge in [-0.3, -0.25) is 20.1 Å². The minimum absolute atomic E-state index is 0.111. The van der Waals surface area contributed by atoms with Crippen LogP contribution in [-0.2, 0) is 0 Å². The van der Waals surface area contributed by atoms with E-state index in [9.17, 15) is 14.3 Å². The van der Waals surface area contributed by atoms with Crippen molar-refractivity contribution in [2.45, 2.75) is 6.92 Å². The molecule has 1 amide bonds. The van der Waals surface area contributed by atoms with Gasteiger partial charge in [0.25, 0.3) is 5.91 Å². The third-order valence-electron chi connectivity index (χ3n) is 3.74. The van der Waals surface area contributed by atoms with Gasteiger partial charge in [-0.2, -0.15) is 0 Å². The molecule has 1 aromatic carbocycles. The molecular formula is C17H14FN5O2. The van der Waals surface area contributed by atoms with Crippen LogP contribution in [0.25, 0.3) is 16.0 Å². The van der Waals surface area contributed by atoms with E-state index in [2.05, 4.69) is 25.5 Å². The van der Waals surface area contributed by atoms with Crippen molar-refractivity contribution in [2.24, 2.45) is 4.99 Å². The van der Waals surface area contributed by atoms with Gasteiger partial charge in [0.05, 0.1) is 24.9 Å². The zero-order chi connectivity index (χ0) is 18.0. The first-order chi connectivity index (χ1) is 12.0. The molecule has 7 nitrogen and oxygen atoms in total. The molecule has 0 bridgehead atoms. The van der Waals surface area contributed by atoms with Crippen molar-refractivity contribution in [3.8, 4) is 16.9 Å². The number of aliphatic imine (C=N–C) groups is 1. The highest BCUT2D eigenvalue weighted by atomic mass is 19.1. The number of carbonyl (C=O) groups is 1. The smallest absolute Gasteiger partial charge is 0.261 e. The average Bonchev–Trinajstić information content (AvgIpc) is 3.09. The van der Waals surface area contributed by atoms with E-state index in [1.165, 1.54) is 18.2 Å². The van der Waals surface area contributed by atoms with Crippen LogP contribution in [0.4, 0.5) is 10.1 Å². The number of halogens is 1. The summed E-state index contributed by atoms with van der Waals surface area (Å²) in [6.45, 7) is 10.1. The standard InChI is InChI=1S/C17H14FN5O2/c1-9-11(7-10(18)8-22-9)14-12(19-2)3-4-13(24)15(14)16(25)23-17-20-5-6-21-17/h3-4,7-8,24H,5-6H2,1H3,(H2,20,21,23,25). The second-order valence-corrected chi connectivity index (χ2v) is 5.36. The number of rotatable bonds is 2. The monoisotopic (exact) mass is 339 g/mol. The van der Waals surface area contributed by atoms with E-state index in [4.69, 9.17) is 6.57 Å². The van der Waals surface area contributed by atoms with E-state index in [1.807, 2.05) is 0 Å². The molecule has 0 aliphatic carbocycles. The fourth-order valence-electron chi connectivity index (χ4n) is 2.59. The van der Waals surface area contributed by atoms with E-state index in [-0.39, 0.29) is 34.1 Å². The number of amides is 1. The number of phenolic OH excluding ortho intramolecular Hbond substituents is 1. The first-order valence-corrected chi connectivity index (χ1v) is 7.47. The fourth-order valence-corrected chi connectivity index (χ4v) is 2.59. The summed E-state index contributed by atoms with van der Waals surface area (Å²) in [6, 6.07) is 3.83. The lowest BCUT2D eigenvalue weighted by Crippen LogP contribution is -2.38. The molecule has 0 saturated carbocycles. The quantitative estimate of drug-likeness (QED) is 0.731. The number of hydrogen-bond donors (Lipinski definition) is 3. The number of nitrogens with one attached hydrogen (secondary N) is 2. The van der Waals surface area contributed by atoms with Crippen molar-refractivity contribution < 1.29 is 14.3 Å². The molecule has 1 aromatic heterocycles. The number of pyridine rings is 1. The van der Waals surface area contributed by atoms with Crippen molar-refractivity contribution in [3.63, 3.8) is 0 Å². The highest BCUT2D eigenvalue weighted by Crippen LogP contribution is 2.39. The average molecular weight is 339 g/mol. The number of aryl methyl sites for hydroxylation is 1. The zero-order valence-electron chi connectivity index (χ0n) is 13.3. The maximum absolute atomic E-state index is 13.7. The van der Waals surface area contributed by atoms with Crippen LogP contribution in [0.3, 0.4) is 0 Å². The third kappa shape index (κ3) is 3.12. The van der Waals surface area contributed by atoms with Gasteiger partial charge < -0.3 is 10.4 Å². The van der Waals surface area contributed by atoms with Gasteiger partial charge in [0.15, 0.2) is 11.6 Å². The SMILES string of the molecule is [C-]#[N+]c1ccc(O)c(C(=O)NC2=NCCN2)c1-c1cc(F)cnc1C. The van der Waals surface area contributed by atoms with Crippen LogP contribution in [0.5, 0.6) is 5.75 Å². The van der Waals surface area contributed by atoms with Crippen molar-refractivity contribution in [2.75, 3.05) is 13.1 Å². The van der Waals surface area contributed by atoms with Gasteiger partial charge in [-0.1, -0.05) is 6.07 Å². The Kier molecular flexibility index (Phi) is 4.31. The molecule has 3 rings (SSSR count). The number of guanidine groups is 1. The summed E-state index contributed by atoms with van der Waals surface area (Å²) in [7, 11) is 0. The van der Waals surface area contributed by atoms with Gasteiger partial charge in [0, 0.05) is 17.8 Å². The molecule has 1 aliphatic rings. The lowest BCUT2D eigenvalue weighted by Gasteiger charge is -2.15. The van der Waals surface area contributed by atoms with Crippen molar-refractivity contribution in [1.29, 1.82) is 0 Å². The minimum Gasteiger partial charge on any atom is -0.507 e. The number of aromatic hydroxyl groups is 1. The molecule has 2 heterocycles. The second-order valence-electron chi connectivity index (χ2n) is 5.36. The van der Waals surface area contributed by atoms with Crippen LogP contribution >= 0.6 is 0 Å². The number of hydrogen-bond acceptors (Lipinski definition) is 5. The van der Waals surface area contributed by atoms with E-state index in [0.717, 1.165) is 6.20 Å². The molecule has 1 aliphatic heterocycles. The maximum Gasteiger partial charge on any atom is 0.261 e. The largest absolute Gasteiger partial charge is 0.507 e. The number of carbonyl (C=O) groups excluding carboxylic acids is 1. The second kappa shape index (κ2) is 6.57. The summed E-state index contributed by atoms with van der Waals surface area (Å²) in [5, 5.41) is 15.7. The van der Waals surface area contributed by atoms with Crippen LogP contribution in [0, 0.1) is 19.3 Å². The van der Waals surface area contributed by atoms with Crippen LogP contribution in [0.2, 0.25) is 0 Å². The summed E-state index contributed by atoms with van der Waals surface area (Å²) in [6.07, 6.45) is 1.05. The van der Waals surface area contributed by atoms with Crippen molar-refractivity contribution >= 4 is 17.6 Å². The first-order valence-electron chi connectivity index (χ1n) is 7.47. The summed E-state index contributed by atoms with van der Waals surface area (Å²) >= 11 is 0. The van der Waals surface area contributed by atoms with Crippen molar-refractivity contribution in [3.05, 3.63) is 52.9 Å².